The van der Waals surface area contributed by atoms with Gasteiger partial charge >= 0.3 is 0 Å². The minimum Gasteiger partial charge on any atom is -0.462 e. The van der Waals surface area contributed by atoms with Crippen LogP contribution in [0, 0.1) is 0 Å². The van der Waals surface area contributed by atoms with Crippen molar-refractivity contribution in [2.24, 2.45) is 0 Å². The summed E-state index contributed by atoms with van der Waals surface area (Å²) in [6.45, 7) is 0.836. The molecule has 10 N–H and O–H groups in total. The van der Waals surface area contributed by atoms with Crippen molar-refractivity contribution in [1.82, 2.24) is 10.6 Å². The van der Waals surface area contributed by atoms with Gasteiger partial charge in [0.1, 0.15) is 60.3 Å². The summed E-state index contributed by atoms with van der Waals surface area (Å²) < 4.78 is 22.5. The van der Waals surface area contributed by atoms with Gasteiger partial charge in [-0.05, 0) is 12.1 Å². The highest BCUT2D eigenvalue weighted by molar-refractivity contribution is 5.34. The van der Waals surface area contributed by atoms with Crippen molar-refractivity contribution in [3.8, 4) is 11.5 Å². The van der Waals surface area contributed by atoms with Gasteiger partial charge in [-0.3, -0.25) is 0 Å². The fourth-order valence-corrected chi connectivity index (χ4v) is 4.73. The first kappa shape index (κ1) is 32.5. The maximum atomic E-state index is 10.3. The molecule has 10 atom stereocenters. The number of ether oxygens (including phenoxy) is 4. The Morgan fingerprint density at radius 3 is 1.31 bits per heavy atom. The Bertz CT molecular complexity index is 1020. The molecule has 4 rings (SSSR count). The molecular formula is C28H40N2O12. The third-order valence-electron chi connectivity index (χ3n) is 7.24. The van der Waals surface area contributed by atoms with Gasteiger partial charge in [-0.25, -0.2) is 0 Å². The second-order valence-electron chi connectivity index (χ2n) is 10.2. The molecule has 0 aliphatic carbocycles. The number of nitrogens with one attached hydrogen (secondary N) is 2. The molecule has 2 aliphatic heterocycles. The average Bonchev–Trinajstić information content (AvgIpc) is 3.00. The van der Waals surface area contributed by atoms with Crippen LogP contribution in [0.25, 0.3) is 0 Å². The van der Waals surface area contributed by atoms with Crippen molar-refractivity contribution in [2.45, 2.75) is 74.5 Å². The van der Waals surface area contributed by atoms with Gasteiger partial charge in [-0.2, -0.15) is 0 Å². The van der Waals surface area contributed by atoms with Crippen LogP contribution in [0.5, 0.6) is 11.5 Å². The highest BCUT2D eigenvalue weighted by Crippen LogP contribution is 2.28. The molecule has 14 nitrogen and oxygen atoms in total. The SMILES string of the molecule is OC[C@H]1O[C@@H](Oc2ccccc2CNCCNCc2ccccc2O[C@@H]2O[C@H](CO)[C@@H](O)[C@H](O)[C@H]2O)[C@H](O)[C@@H](O)[C@@H]1O. The summed E-state index contributed by atoms with van der Waals surface area (Å²) in [6.07, 6.45) is -13.8. The molecule has 2 aromatic rings. The molecule has 0 radical (unpaired) electrons. The molecule has 2 heterocycles. The summed E-state index contributed by atoms with van der Waals surface area (Å²) in [5, 5.41) is 86.0. The summed E-state index contributed by atoms with van der Waals surface area (Å²) in [7, 11) is 0. The molecular weight excluding hydrogens is 556 g/mol. The number of aliphatic hydroxyl groups excluding tert-OH is 8. The number of rotatable bonds is 13. The molecule has 0 saturated carbocycles. The first-order valence-electron chi connectivity index (χ1n) is 13.8. The Kier molecular flexibility index (Phi) is 11.9. The van der Waals surface area contributed by atoms with Crippen LogP contribution < -0.4 is 20.1 Å². The predicted octanol–water partition coefficient (Wildman–Crippen LogP) is -3.08. The summed E-state index contributed by atoms with van der Waals surface area (Å²) in [4.78, 5) is 0. The maximum Gasteiger partial charge on any atom is 0.229 e. The van der Waals surface area contributed by atoms with Gasteiger partial charge in [0.25, 0.3) is 0 Å². The lowest BCUT2D eigenvalue weighted by molar-refractivity contribution is -0.277. The van der Waals surface area contributed by atoms with Gasteiger partial charge in [0.2, 0.25) is 12.6 Å². The second-order valence-corrected chi connectivity index (χ2v) is 10.2. The number of benzene rings is 2. The Balaban J connectivity index is 1.25. The topological polar surface area (TPSA) is 223 Å². The third-order valence-corrected chi connectivity index (χ3v) is 7.24. The van der Waals surface area contributed by atoms with Crippen molar-refractivity contribution in [3.05, 3.63) is 59.7 Å². The molecule has 0 unspecified atom stereocenters. The molecule has 2 saturated heterocycles. The summed E-state index contributed by atoms with van der Waals surface area (Å²) >= 11 is 0. The minimum atomic E-state index is -1.54. The number of hydrogen-bond acceptors (Lipinski definition) is 14. The predicted molar refractivity (Wildman–Crippen MR) is 145 cm³/mol. The van der Waals surface area contributed by atoms with Gasteiger partial charge in [0.05, 0.1) is 13.2 Å². The zero-order chi connectivity index (χ0) is 30.2. The molecule has 0 aromatic heterocycles. The summed E-state index contributed by atoms with van der Waals surface area (Å²) in [5.74, 6) is 0.808. The fraction of sp³-hybridized carbons (Fsp3) is 0.571. The van der Waals surface area contributed by atoms with Crippen LogP contribution in [0.2, 0.25) is 0 Å². The molecule has 234 valence electrons. The van der Waals surface area contributed by atoms with Crippen LogP contribution in [-0.4, -0.2) is 129 Å². The normalized spacial score (nSPS) is 33.3. The molecule has 2 fully saturated rings. The monoisotopic (exact) mass is 596 g/mol. The lowest BCUT2D eigenvalue weighted by Gasteiger charge is -2.39. The Labute approximate surface area is 242 Å². The van der Waals surface area contributed by atoms with Crippen LogP contribution in [0.4, 0.5) is 0 Å². The molecule has 42 heavy (non-hydrogen) atoms. The van der Waals surface area contributed by atoms with Crippen molar-refractivity contribution in [2.75, 3.05) is 26.3 Å². The fourth-order valence-electron chi connectivity index (χ4n) is 4.73. The number of para-hydroxylation sites is 2. The van der Waals surface area contributed by atoms with Crippen LogP contribution in [0.3, 0.4) is 0 Å². The van der Waals surface area contributed by atoms with Crippen LogP contribution in [0.1, 0.15) is 11.1 Å². The highest BCUT2D eigenvalue weighted by atomic mass is 16.7. The van der Waals surface area contributed by atoms with Gasteiger partial charge in [-0.15, -0.1) is 0 Å². The van der Waals surface area contributed by atoms with E-state index in [1.165, 1.54) is 0 Å². The molecule has 0 spiro atoms. The van der Waals surface area contributed by atoms with E-state index in [2.05, 4.69) is 10.6 Å². The van der Waals surface area contributed by atoms with Gasteiger partial charge < -0.3 is 70.4 Å². The molecule has 2 aliphatic rings. The largest absolute Gasteiger partial charge is 0.462 e. The van der Waals surface area contributed by atoms with Crippen molar-refractivity contribution in [3.63, 3.8) is 0 Å². The van der Waals surface area contributed by atoms with Crippen LogP contribution in [0.15, 0.2) is 48.5 Å². The smallest absolute Gasteiger partial charge is 0.229 e. The Hall–Kier alpha value is -2.44. The summed E-state index contributed by atoms with van der Waals surface area (Å²) in [5.41, 5.74) is 1.51. The van der Waals surface area contributed by atoms with E-state index in [0.29, 0.717) is 37.7 Å². The second kappa shape index (κ2) is 15.3. The van der Waals surface area contributed by atoms with Crippen molar-refractivity contribution in [1.29, 1.82) is 0 Å². The number of aliphatic hydroxyl groups is 8. The van der Waals surface area contributed by atoms with Gasteiger partial charge in [-0.1, -0.05) is 36.4 Å². The van der Waals surface area contributed by atoms with Crippen molar-refractivity contribution < 1.29 is 59.8 Å². The zero-order valence-electron chi connectivity index (χ0n) is 22.8. The zero-order valence-corrected chi connectivity index (χ0v) is 22.8. The molecule has 2 aromatic carbocycles. The van der Waals surface area contributed by atoms with Gasteiger partial charge in [0.15, 0.2) is 0 Å². The molecule has 0 bridgehead atoms. The van der Waals surface area contributed by atoms with Gasteiger partial charge in [0, 0.05) is 37.3 Å². The molecule has 14 heteroatoms. The maximum absolute atomic E-state index is 10.3. The van der Waals surface area contributed by atoms with Crippen LogP contribution >= 0.6 is 0 Å². The molecule has 0 amide bonds. The Morgan fingerprint density at radius 1 is 0.548 bits per heavy atom. The van der Waals surface area contributed by atoms with Crippen LogP contribution in [-0.2, 0) is 22.6 Å². The van der Waals surface area contributed by atoms with E-state index in [1.54, 1.807) is 24.3 Å². The lowest BCUT2D eigenvalue weighted by Crippen LogP contribution is -2.60. The highest BCUT2D eigenvalue weighted by Gasteiger charge is 2.46. The lowest BCUT2D eigenvalue weighted by atomic mass is 9.99. The third kappa shape index (κ3) is 7.74. The number of hydrogen-bond donors (Lipinski definition) is 10. The van der Waals surface area contributed by atoms with E-state index in [-0.39, 0.29) is 0 Å². The Morgan fingerprint density at radius 2 is 0.929 bits per heavy atom. The van der Waals surface area contributed by atoms with E-state index >= 15 is 0 Å². The van der Waals surface area contributed by atoms with E-state index in [1.807, 2.05) is 24.3 Å². The van der Waals surface area contributed by atoms with E-state index in [9.17, 15) is 40.9 Å². The summed E-state index contributed by atoms with van der Waals surface area (Å²) in [6, 6.07) is 14.1. The quantitative estimate of drug-likeness (QED) is 0.104. The van der Waals surface area contributed by atoms with E-state index in [4.69, 9.17) is 18.9 Å². The van der Waals surface area contributed by atoms with Crippen molar-refractivity contribution >= 4 is 0 Å². The van der Waals surface area contributed by atoms with E-state index < -0.39 is 74.6 Å². The minimum absolute atomic E-state index is 0.404. The first-order chi connectivity index (χ1) is 20.2. The first-order valence-corrected chi connectivity index (χ1v) is 13.8. The van der Waals surface area contributed by atoms with E-state index in [0.717, 1.165) is 11.1 Å². The average molecular weight is 597 g/mol. The standard InChI is InChI=1S/C28H40N2O12/c31-13-19-21(33)23(35)25(37)27(41-19)39-17-7-3-1-5-15(17)11-29-9-10-30-12-16-6-2-4-8-18(16)40-28-26(38)24(36)22(34)20(14-32)42-28/h1-8,19-38H,9-14H2/t19-,20-,21-,22-,23+,24+,25-,26-,27-,28-/m1/s1.